The molecular weight excluding hydrogens is 178 g/mol. The molecule has 0 radical (unpaired) electrons. The number of carbonyl (C=O) groups excluding carboxylic acids is 1. The van der Waals surface area contributed by atoms with E-state index < -0.39 is 0 Å². The molecule has 14 heavy (non-hydrogen) atoms. The van der Waals surface area contributed by atoms with Crippen molar-refractivity contribution in [2.75, 3.05) is 13.1 Å². The number of rotatable bonds is 5. The molecule has 1 aliphatic carbocycles. The van der Waals surface area contributed by atoms with Gasteiger partial charge in [0.15, 0.2) is 0 Å². The van der Waals surface area contributed by atoms with E-state index in [1.165, 1.54) is 25.7 Å². The van der Waals surface area contributed by atoms with E-state index in [1.54, 1.807) is 0 Å². The zero-order valence-corrected chi connectivity index (χ0v) is 8.91. The molecule has 1 atom stereocenters. The van der Waals surface area contributed by atoms with Crippen molar-refractivity contribution in [1.29, 1.82) is 0 Å². The Morgan fingerprint density at radius 1 is 1.50 bits per heavy atom. The van der Waals surface area contributed by atoms with Crippen LogP contribution in [-0.4, -0.2) is 36.0 Å². The second-order valence-electron chi connectivity index (χ2n) is 4.31. The lowest BCUT2D eigenvalue weighted by molar-refractivity contribution is -0.119. The highest BCUT2D eigenvalue weighted by molar-refractivity contribution is 5.75. The Morgan fingerprint density at radius 3 is 2.50 bits per heavy atom. The van der Waals surface area contributed by atoms with Crippen molar-refractivity contribution in [3.05, 3.63) is 0 Å². The van der Waals surface area contributed by atoms with Gasteiger partial charge in [0.1, 0.15) is 0 Å². The zero-order chi connectivity index (χ0) is 10.6. The lowest BCUT2D eigenvalue weighted by Gasteiger charge is -2.28. The standard InChI is InChI=1S/C10H21N3O/c1-8(11)6-13(7-10(12)14)9-4-2-3-5-9/h8-9H,2-7,11H2,1H3,(H2,12,14). The summed E-state index contributed by atoms with van der Waals surface area (Å²) in [5.41, 5.74) is 11.0. The highest BCUT2D eigenvalue weighted by Crippen LogP contribution is 2.23. The van der Waals surface area contributed by atoms with Gasteiger partial charge in [-0.2, -0.15) is 0 Å². The quantitative estimate of drug-likeness (QED) is 0.658. The van der Waals surface area contributed by atoms with Crippen LogP contribution in [0, 0.1) is 0 Å². The molecule has 4 N–H and O–H groups in total. The molecule has 1 fully saturated rings. The number of primary amides is 1. The van der Waals surface area contributed by atoms with Gasteiger partial charge in [-0.25, -0.2) is 0 Å². The Balaban J connectivity index is 2.46. The van der Waals surface area contributed by atoms with E-state index in [0.29, 0.717) is 12.6 Å². The van der Waals surface area contributed by atoms with Crippen LogP contribution < -0.4 is 11.5 Å². The molecular formula is C10H21N3O. The lowest BCUT2D eigenvalue weighted by Crippen LogP contribution is -2.45. The summed E-state index contributed by atoms with van der Waals surface area (Å²) in [6.45, 7) is 3.09. The third kappa shape index (κ3) is 3.64. The number of hydrogen-bond acceptors (Lipinski definition) is 3. The van der Waals surface area contributed by atoms with E-state index in [1.807, 2.05) is 6.92 Å². The fourth-order valence-electron chi connectivity index (χ4n) is 2.18. The van der Waals surface area contributed by atoms with Crippen molar-refractivity contribution in [2.45, 2.75) is 44.7 Å². The smallest absolute Gasteiger partial charge is 0.231 e. The van der Waals surface area contributed by atoms with Crippen LogP contribution in [0.4, 0.5) is 0 Å². The van der Waals surface area contributed by atoms with Crippen LogP contribution in [-0.2, 0) is 4.79 Å². The predicted octanol–water partition coefficient (Wildman–Crippen LogP) is 0.0635. The molecule has 82 valence electrons. The van der Waals surface area contributed by atoms with Crippen molar-refractivity contribution >= 4 is 5.91 Å². The second kappa shape index (κ2) is 5.32. The highest BCUT2D eigenvalue weighted by atomic mass is 16.1. The molecule has 0 saturated heterocycles. The summed E-state index contributed by atoms with van der Waals surface area (Å²) in [5, 5.41) is 0. The summed E-state index contributed by atoms with van der Waals surface area (Å²) in [4.78, 5) is 13.0. The van der Waals surface area contributed by atoms with Gasteiger partial charge in [0.2, 0.25) is 5.91 Å². The minimum atomic E-state index is -0.252. The van der Waals surface area contributed by atoms with Crippen molar-refractivity contribution in [3.8, 4) is 0 Å². The van der Waals surface area contributed by atoms with Gasteiger partial charge in [0.05, 0.1) is 6.54 Å². The van der Waals surface area contributed by atoms with Gasteiger partial charge >= 0.3 is 0 Å². The Labute approximate surface area is 85.6 Å². The fraction of sp³-hybridized carbons (Fsp3) is 0.900. The first-order chi connectivity index (χ1) is 6.59. The molecule has 4 heteroatoms. The van der Waals surface area contributed by atoms with Crippen LogP contribution in [0.1, 0.15) is 32.6 Å². The Bertz CT molecular complexity index is 188. The van der Waals surface area contributed by atoms with Crippen LogP contribution in [0.25, 0.3) is 0 Å². The van der Waals surface area contributed by atoms with Crippen molar-refractivity contribution in [2.24, 2.45) is 11.5 Å². The number of nitrogens with zero attached hydrogens (tertiary/aromatic N) is 1. The summed E-state index contributed by atoms with van der Waals surface area (Å²) in [6, 6.07) is 0.628. The van der Waals surface area contributed by atoms with Gasteiger partial charge in [-0.3, -0.25) is 9.69 Å². The first-order valence-electron chi connectivity index (χ1n) is 5.37. The van der Waals surface area contributed by atoms with Crippen molar-refractivity contribution in [3.63, 3.8) is 0 Å². The molecule has 1 saturated carbocycles. The Morgan fingerprint density at radius 2 is 2.07 bits per heavy atom. The van der Waals surface area contributed by atoms with E-state index in [2.05, 4.69) is 4.90 Å². The summed E-state index contributed by atoms with van der Waals surface area (Å²) in [5.74, 6) is -0.252. The van der Waals surface area contributed by atoms with E-state index in [0.717, 1.165) is 6.54 Å². The first-order valence-corrected chi connectivity index (χ1v) is 5.37. The predicted molar refractivity (Wildman–Crippen MR) is 56.7 cm³/mol. The highest BCUT2D eigenvalue weighted by Gasteiger charge is 2.23. The molecule has 0 aromatic rings. The largest absolute Gasteiger partial charge is 0.369 e. The summed E-state index contributed by atoms with van der Waals surface area (Å²) in [6.07, 6.45) is 4.89. The molecule has 1 aliphatic rings. The average molecular weight is 199 g/mol. The molecule has 1 amide bonds. The van der Waals surface area contributed by atoms with Gasteiger partial charge in [0, 0.05) is 18.6 Å². The molecule has 1 rings (SSSR count). The maximum absolute atomic E-state index is 10.9. The SMILES string of the molecule is CC(N)CN(CC(N)=O)C1CCCC1. The molecule has 1 unspecified atom stereocenters. The Hall–Kier alpha value is -0.610. The van der Waals surface area contributed by atoms with Crippen molar-refractivity contribution in [1.82, 2.24) is 4.90 Å². The van der Waals surface area contributed by atoms with Crippen LogP contribution in [0.15, 0.2) is 0 Å². The van der Waals surface area contributed by atoms with Gasteiger partial charge < -0.3 is 11.5 Å². The molecule has 0 heterocycles. The third-order valence-corrected chi connectivity index (χ3v) is 2.72. The molecule has 0 aromatic carbocycles. The number of amides is 1. The molecule has 0 aliphatic heterocycles. The van der Waals surface area contributed by atoms with Gasteiger partial charge in [-0.15, -0.1) is 0 Å². The minimum absolute atomic E-state index is 0.106. The van der Waals surface area contributed by atoms with Crippen molar-refractivity contribution < 1.29 is 4.79 Å². The van der Waals surface area contributed by atoms with E-state index >= 15 is 0 Å². The molecule has 0 spiro atoms. The van der Waals surface area contributed by atoms with Crippen LogP contribution in [0.2, 0.25) is 0 Å². The maximum Gasteiger partial charge on any atom is 0.231 e. The van der Waals surface area contributed by atoms with Gasteiger partial charge in [-0.05, 0) is 19.8 Å². The molecule has 0 aromatic heterocycles. The van der Waals surface area contributed by atoms with E-state index in [9.17, 15) is 4.79 Å². The third-order valence-electron chi connectivity index (χ3n) is 2.72. The summed E-state index contributed by atoms with van der Waals surface area (Å²) >= 11 is 0. The Kier molecular flexibility index (Phi) is 4.35. The summed E-state index contributed by atoms with van der Waals surface area (Å²) < 4.78 is 0. The van der Waals surface area contributed by atoms with Crippen LogP contribution in [0.5, 0.6) is 0 Å². The second-order valence-corrected chi connectivity index (χ2v) is 4.31. The van der Waals surface area contributed by atoms with E-state index in [-0.39, 0.29) is 11.9 Å². The van der Waals surface area contributed by atoms with E-state index in [4.69, 9.17) is 11.5 Å². The first kappa shape index (κ1) is 11.5. The topological polar surface area (TPSA) is 72.3 Å². The average Bonchev–Trinajstić information content (AvgIpc) is 2.52. The normalized spacial score (nSPS) is 20.2. The fourth-order valence-corrected chi connectivity index (χ4v) is 2.18. The van der Waals surface area contributed by atoms with Gasteiger partial charge in [-0.1, -0.05) is 12.8 Å². The summed E-state index contributed by atoms with van der Waals surface area (Å²) in [7, 11) is 0. The number of carbonyl (C=O) groups is 1. The number of nitrogens with two attached hydrogens (primary N) is 2. The minimum Gasteiger partial charge on any atom is -0.369 e. The molecule has 4 nitrogen and oxygen atoms in total. The van der Waals surface area contributed by atoms with Crippen LogP contribution in [0.3, 0.4) is 0 Å². The maximum atomic E-state index is 10.9. The lowest BCUT2D eigenvalue weighted by atomic mass is 10.2. The van der Waals surface area contributed by atoms with Gasteiger partial charge in [0.25, 0.3) is 0 Å². The zero-order valence-electron chi connectivity index (χ0n) is 8.91. The molecule has 0 bridgehead atoms. The number of hydrogen-bond donors (Lipinski definition) is 2. The van der Waals surface area contributed by atoms with Crippen LogP contribution >= 0.6 is 0 Å². The monoisotopic (exact) mass is 199 g/mol.